The molecule has 130 valence electrons. The zero-order valence-corrected chi connectivity index (χ0v) is 15.5. The molecule has 2 aromatic carbocycles. The maximum absolute atomic E-state index is 3.58. The number of nitrogens with zero attached hydrogens (tertiary/aromatic N) is 1. The molecule has 1 N–H and O–H groups in total. The normalized spacial score (nSPS) is 12.5. The molecular formula is C22H32N2. The van der Waals surface area contributed by atoms with Crippen LogP contribution >= 0.6 is 0 Å². The van der Waals surface area contributed by atoms with E-state index >= 15 is 0 Å². The number of likely N-dealkylation sites (N-methyl/N-ethyl adjacent to an activating group) is 1. The first-order valence-electron chi connectivity index (χ1n) is 9.33. The topological polar surface area (TPSA) is 15.3 Å². The van der Waals surface area contributed by atoms with Gasteiger partial charge in [0, 0.05) is 13.1 Å². The van der Waals surface area contributed by atoms with Crippen LogP contribution in [0.25, 0.3) is 11.1 Å². The Morgan fingerprint density at radius 1 is 0.833 bits per heavy atom. The van der Waals surface area contributed by atoms with E-state index in [4.69, 9.17) is 0 Å². The number of hydrogen-bond acceptors (Lipinski definition) is 2. The van der Waals surface area contributed by atoms with Gasteiger partial charge in [0.15, 0.2) is 0 Å². The summed E-state index contributed by atoms with van der Waals surface area (Å²) in [5.41, 5.74) is 4.01. The van der Waals surface area contributed by atoms with E-state index in [1.165, 1.54) is 23.1 Å². The van der Waals surface area contributed by atoms with Crippen LogP contribution in [0.1, 0.15) is 38.7 Å². The highest BCUT2D eigenvalue weighted by Gasteiger charge is 2.06. The summed E-state index contributed by atoms with van der Waals surface area (Å²) in [6, 6.07) is 19.6. The first-order valence-corrected chi connectivity index (χ1v) is 9.33. The second-order valence-corrected chi connectivity index (χ2v) is 6.45. The molecule has 0 bridgehead atoms. The van der Waals surface area contributed by atoms with Crippen molar-refractivity contribution < 1.29 is 0 Å². The minimum atomic E-state index is 0.593. The molecular weight excluding hydrogens is 292 g/mol. The fraction of sp³-hybridized carbons (Fsp3) is 0.455. The van der Waals surface area contributed by atoms with Gasteiger partial charge in [-0.3, -0.25) is 0 Å². The van der Waals surface area contributed by atoms with Crippen LogP contribution in [0.15, 0.2) is 54.6 Å². The highest BCUT2D eigenvalue weighted by Crippen LogP contribution is 2.23. The Bertz CT molecular complexity index is 558. The Balaban J connectivity index is 1.75. The average Bonchev–Trinajstić information content (AvgIpc) is 2.65. The van der Waals surface area contributed by atoms with Crippen LogP contribution < -0.4 is 5.32 Å². The molecule has 0 aliphatic rings. The summed E-state index contributed by atoms with van der Waals surface area (Å²) in [7, 11) is 0. The minimum Gasteiger partial charge on any atom is -0.315 e. The summed E-state index contributed by atoms with van der Waals surface area (Å²) < 4.78 is 0. The van der Waals surface area contributed by atoms with Crippen LogP contribution in [0.3, 0.4) is 0 Å². The summed E-state index contributed by atoms with van der Waals surface area (Å²) in [5, 5.41) is 3.58. The Morgan fingerprint density at radius 3 is 2.08 bits per heavy atom. The summed E-state index contributed by atoms with van der Waals surface area (Å²) in [5.74, 6) is 0.593. The van der Waals surface area contributed by atoms with Gasteiger partial charge in [-0.2, -0.15) is 0 Å². The molecule has 2 rings (SSSR count). The first kappa shape index (κ1) is 18.7. The highest BCUT2D eigenvalue weighted by molar-refractivity contribution is 5.63. The second kappa shape index (κ2) is 10.3. The van der Waals surface area contributed by atoms with Gasteiger partial charge in [0.25, 0.3) is 0 Å². The van der Waals surface area contributed by atoms with Gasteiger partial charge in [0.2, 0.25) is 0 Å². The molecule has 0 saturated heterocycles. The number of benzene rings is 2. The lowest BCUT2D eigenvalue weighted by molar-refractivity contribution is 0.302. The summed E-state index contributed by atoms with van der Waals surface area (Å²) in [6.07, 6.45) is 1.18. The third kappa shape index (κ3) is 5.77. The average molecular weight is 325 g/mol. The van der Waals surface area contributed by atoms with E-state index in [0.717, 1.165) is 32.7 Å². The maximum atomic E-state index is 3.58. The van der Waals surface area contributed by atoms with Crippen LogP contribution in [0.2, 0.25) is 0 Å². The van der Waals surface area contributed by atoms with E-state index in [1.54, 1.807) is 0 Å². The molecule has 1 atom stereocenters. The lowest BCUT2D eigenvalue weighted by Crippen LogP contribution is -2.32. The van der Waals surface area contributed by atoms with Crippen molar-refractivity contribution in [3.8, 4) is 11.1 Å². The zero-order chi connectivity index (χ0) is 17.2. The molecule has 0 aliphatic heterocycles. The first-order chi connectivity index (χ1) is 11.7. The van der Waals surface area contributed by atoms with Crippen molar-refractivity contribution in [2.45, 2.75) is 33.1 Å². The summed E-state index contributed by atoms with van der Waals surface area (Å²) in [6.45, 7) is 12.4. The van der Waals surface area contributed by atoms with Gasteiger partial charge in [0.05, 0.1) is 0 Å². The van der Waals surface area contributed by atoms with Crippen LogP contribution in [0.5, 0.6) is 0 Å². The molecule has 0 saturated carbocycles. The van der Waals surface area contributed by atoms with Crippen molar-refractivity contribution >= 4 is 0 Å². The molecule has 0 heterocycles. The predicted octanol–water partition coefficient (Wildman–Crippen LogP) is 4.78. The Hall–Kier alpha value is -1.64. The predicted molar refractivity (Wildman–Crippen MR) is 106 cm³/mol. The van der Waals surface area contributed by atoms with E-state index in [2.05, 4.69) is 85.6 Å². The number of nitrogens with one attached hydrogen (secondary N) is 1. The quantitative estimate of drug-likeness (QED) is 0.633. The molecule has 0 radical (unpaired) electrons. The largest absolute Gasteiger partial charge is 0.315 e. The van der Waals surface area contributed by atoms with Crippen LogP contribution in [-0.4, -0.2) is 37.6 Å². The third-order valence-electron chi connectivity index (χ3n) is 4.84. The van der Waals surface area contributed by atoms with Crippen LogP contribution in [0, 0.1) is 0 Å². The Kier molecular flexibility index (Phi) is 8.00. The van der Waals surface area contributed by atoms with Crippen LogP contribution in [-0.2, 0) is 0 Å². The molecule has 2 nitrogen and oxygen atoms in total. The molecule has 0 fully saturated rings. The van der Waals surface area contributed by atoms with Crippen molar-refractivity contribution in [2.75, 3.05) is 32.7 Å². The molecule has 2 heteroatoms. The van der Waals surface area contributed by atoms with Crippen molar-refractivity contribution in [1.29, 1.82) is 0 Å². The molecule has 0 aromatic heterocycles. The van der Waals surface area contributed by atoms with Gasteiger partial charge >= 0.3 is 0 Å². The van der Waals surface area contributed by atoms with Gasteiger partial charge in [0.1, 0.15) is 0 Å². The van der Waals surface area contributed by atoms with E-state index in [1.807, 2.05) is 0 Å². The highest BCUT2D eigenvalue weighted by atomic mass is 15.1. The second-order valence-electron chi connectivity index (χ2n) is 6.45. The fourth-order valence-corrected chi connectivity index (χ4v) is 3.02. The molecule has 0 amide bonds. The number of rotatable bonds is 10. The fourth-order valence-electron chi connectivity index (χ4n) is 3.02. The van der Waals surface area contributed by atoms with Crippen molar-refractivity contribution in [2.24, 2.45) is 0 Å². The lowest BCUT2D eigenvalue weighted by atomic mass is 9.95. The van der Waals surface area contributed by atoms with E-state index in [-0.39, 0.29) is 0 Å². The number of hydrogen-bond donors (Lipinski definition) is 1. The molecule has 1 unspecified atom stereocenters. The lowest BCUT2D eigenvalue weighted by Gasteiger charge is -2.18. The molecule has 2 aromatic rings. The van der Waals surface area contributed by atoms with Gasteiger partial charge in [-0.15, -0.1) is 0 Å². The molecule has 0 spiro atoms. The van der Waals surface area contributed by atoms with E-state index < -0.39 is 0 Å². The van der Waals surface area contributed by atoms with Crippen molar-refractivity contribution in [3.05, 3.63) is 60.2 Å². The third-order valence-corrected chi connectivity index (χ3v) is 4.84. The molecule has 0 aliphatic carbocycles. The minimum absolute atomic E-state index is 0.593. The zero-order valence-electron chi connectivity index (χ0n) is 15.5. The van der Waals surface area contributed by atoms with Crippen LogP contribution in [0.4, 0.5) is 0 Å². The Morgan fingerprint density at radius 2 is 1.46 bits per heavy atom. The Labute approximate surface area is 147 Å². The van der Waals surface area contributed by atoms with Gasteiger partial charge in [-0.1, -0.05) is 75.4 Å². The van der Waals surface area contributed by atoms with E-state index in [9.17, 15) is 0 Å². The van der Waals surface area contributed by atoms with Gasteiger partial charge in [-0.05, 0) is 48.7 Å². The SMILES string of the molecule is CCN(CC)CCNCCC(C)c1ccc(-c2ccccc2)cc1. The van der Waals surface area contributed by atoms with Gasteiger partial charge in [-0.25, -0.2) is 0 Å². The van der Waals surface area contributed by atoms with Crippen molar-refractivity contribution in [1.82, 2.24) is 10.2 Å². The van der Waals surface area contributed by atoms with E-state index in [0.29, 0.717) is 5.92 Å². The summed E-state index contributed by atoms with van der Waals surface area (Å²) >= 11 is 0. The monoisotopic (exact) mass is 324 g/mol. The summed E-state index contributed by atoms with van der Waals surface area (Å²) in [4.78, 5) is 2.46. The van der Waals surface area contributed by atoms with Gasteiger partial charge < -0.3 is 10.2 Å². The standard InChI is InChI=1S/C22H32N2/c1-4-24(5-2)18-17-23-16-15-19(3)20-11-13-22(14-12-20)21-9-7-6-8-10-21/h6-14,19,23H,4-5,15-18H2,1-3H3. The maximum Gasteiger partial charge on any atom is 0.0107 e. The smallest absolute Gasteiger partial charge is 0.0107 e. The van der Waals surface area contributed by atoms with Crippen molar-refractivity contribution in [3.63, 3.8) is 0 Å². The molecule has 24 heavy (non-hydrogen) atoms.